The largest absolute Gasteiger partial charge is 0.360 e. The van der Waals surface area contributed by atoms with Gasteiger partial charge in [-0.25, -0.2) is 9.37 Å². The lowest BCUT2D eigenvalue weighted by Gasteiger charge is -1.98. The molecule has 0 aliphatic carbocycles. The Labute approximate surface area is 143 Å². The highest BCUT2D eigenvalue weighted by molar-refractivity contribution is 8.01. The Morgan fingerprint density at radius 1 is 1.30 bits per heavy atom. The van der Waals surface area contributed by atoms with Crippen LogP contribution >= 0.6 is 34.4 Å². The van der Waals surface area contributed by atoms with Crippen LogP contribution in [0.3, 0.4) is 0 Å². The predicted molar refractivity (Wildman–Crippen MR) is 93.0 cm³/mol. The first-order valence-electron chi connectivity index (χ1n) is 6.70. The summed E-state index contributed by atoms with van der Waals surface area (Å²) in [4.78, 5) is 16.2. The summed E-state index contributed by atoms with van der Waals surface area (Å²) >= 11 is 3.96. The molecule has 2 aromatic heterocycles. The third-order valence-corrected chi connectivity index (χ3v) is 5.61. The Balaban J connectivity index is 1.57. The molecular weight excluding hydrogens is 357 g/mol. The molecule has 0 spiro atoms. The SMILES string of the molecule is CCNc1nnc(SCC(=O)Nc2nc3ccc(F)cc3s2)s1. The number of rotatable bonds is 6. The van der Waals surface area contributed by atoms with Gasteiger partial charge in [0, 0.05) is 6.54 Å². The zero-order chi connectivity index (χ0) is 16.2. The van der Waals surface area contributed by atoms with Crippen LogP contribution in [-0.2, 0) is 4.79 Å². The van der Waals surface area contributed by atoms with E-state index in [1.54, 1.807) is 6.07 Å². The molecule has 0 radical (unpaired) electrons. The molecule has 0 saturated carbocycles. The molecule has 0 saturated heterocycles. The van der Waals surface area contributed by atoms with Crippen molar-refractivity contribution in [1.29, 1.82) is 0 Å². The van der Waals surface area contributed by atoms with Gasteiger partial charge in [0.05, 0.1) is 16.0 Å². The minimum absolute atomic E-state index is 0.185. The van der Waals surface area contributed by atoms with E-state index in [4.69, 9.17) is 0 Å². The van der Waals surface area contributed by atoms with Gasteiger partial charge in [-0.05, 0) is 25.1 Å². The summed E-state index contributed by atoms with van der Waals surface area (Å²) in [5.74, 6) is -0.289. The second kappa shape index (κ2) is 7.20. The van der Waals surface area contributed by atoms with Crippen molar-refractivity contribution in [2.24, 2.45) is 0 Å². The van der Waals surface area contributed by atoms with E-state index in [1.807, 2.05) is 6.92 Å². The number of carbonyl (C=O) groups is 1. The molecule has 2 N–H and O–H groups in total. The lowest BCUT2D eigenvalue weighted by atomic mass is 10.3. The third kappa shape index (κ3) is 4.15. The number of halogens is 1. The van der Waals surface area contributed by atoms with Crippen LogP contribution in [0.2, 0.25) is 0 Å². The maximum Gasteiger partial charge on any atom is 0.236 e. The van der Waals surface area contributed by atoms with Gasteiger partial charge in [0.15, 0.2) is 9.47 Å². The first-order chi connectivity index (χ1) is 11.1. The quantitative estimate of drug-likeness (QED) is 0.648. The second-order valence-electron chi connectivity index (χ2n) is 4.37. The van der Waals surface area contributed by atoms with Crippen molar-refractivity contribution < 1.29 is 9.18 Å². The number of hydrogen-bond acceptors (Lipinski definition) is 8. The molecule has 1 aromatic carbocycles. The molecule has 10 heteroatoms. The van der Waals surface area contributed by atoms with E-state index in [2.05, 4.69) is 25.8 Å². The van der Waals surface area contributed by atoms with Crippen molar-refractivity contribution in [2.75, 3.05) is 22.9 Å². The third-order valence-electron chi connectivity index (χ3n) is 2.66. The summed E-state index contributed by atoms with van der Waals surface area (Å²) < 4.78 is 14.6. The van der Waals surface area contributed by atoms with Gasteiger partial charge in [0.25, 0.3) is 0 Å². The molecule has 0 aliphatic heterocycles. The number of carbonyl (C=O) groups excluding carboxylic acids is 1. The lowest BCUT2D eigenvalue weighted by molar-refractivity contribution is -0.113. The molecule has 2 heterocycles. The maximum atomic E-state index is 13.1. The summed E-state index contributed by atoms with van der Waals surface area (Å²) in [5, 5.41) is 14.9. The average Bonchev–Trinajstić information content (AvgIpc) is 3.11. The number of hydrogen-bond donors (Lipinski definition) is 2. The van der Waals surface area contributed by atoms with E-state index >= 15 is 0 Å². The van der Waals surface area contributed by atoms with Gasteiger partial charge >= 0.3 is 0 Å². The Morgan fingerprint density at radius 2 is 2.17 bits per heavy atom. The summed E-state index contributed by atoms with van der Waals surface area (Å²) in [6.07, 6.45) is 0. The fourth-order valence-corrected chi connectivity index (χ4v) is 4.25. The number of nitrogens with zero attached hydrogens (tertiary/aromatic N) is 3. The molecule has 0 fully saturated rings. The minimum Gasteiger partial charge on any atom is -0.360 e. The number of nitrogens with one attached hydrogen (secondary N) is 2. The number of thiazole rings is 1. The number of amides is 1. The Morgan fingerprint density at radius 3 is 3.00 bits per heavy atom. The first kappa shape index (κ1) is 16.1. The predicted octanol–water partition coefficient (Wildman–Crippen LogP) is 3.45. The zero-order valence-corrected chi connectivity index (χ0v) is 14.4. The van der Waals surface area contributed by atoms with Gasteiger partial charge < -0.3 is 10.6 Å². The Hall–Kier alpha value is -1.78. The maximum absolute atomic E-state index is 13.1. The first-order valence-corrected chi connectivity index (χ1v) is 9.32. The van der Waals surface area contributed by atoms with Crippen molar-refractivity contribution in [3.8, 4) is 0 Å². The van der Waals surface area contributed by atoms with Crippen molar-refractivity contribution >= 4 is 60.8 Å². The van der Waals surface area contributed by atoms with Gasteiger partial charge in [0.2, 0.25) is 11.0 Å². The summed E-state index contributed by atoms with van der Waals surface area (Å²) in [6, 6.07) is 4.34. The second-order valence-corrected chi connectivity index (χ2v) is 7.60. The summed E-state index contributed by atoms with van der Waals surface area (Å²) in [7, 11) is 0. The van der Waals surface area contributed by atoms with Crippen LogP contribution in [0, 0.1) is 5.82 Å². The van der Waals surface area contributed by atoms with E-state index in [-0.39, 0.29) is 17.5 Å². The highest BCUT2D eigenvalue weighted by Gasteiger charge is 2.11. The van der Waals surface area contributed by atoms with Crippen LogP contribution in [0.5, 0.6) is 0 Å². The Kier molecular flexibility index (Phi) is 5.03. The topological polar surface area (TPSA) is 79.8 Å². The molecule has 0 atom stereocenters. The van der Waals surface area contributed by atoms with Crippen molar-refractivity contribution in [3.63, 3.8) is 0 Å². The Bertz CT molecular complexity index is 834. The molecule has 120 valence electrons. The summed E-state index contributed by atoms with van der Waals surface area (Å²) in [5.41, 5.74) is 0.666. The zero-order valence-electron chi connectivity index (χ0n) is 12.0. The van der Waals surface area contributed by atoms with Gasteiger partial charge in [-0.1, -0.05) is 34.4 Å². The van der Waals surface area contributed by atoms with E-state index in [9.17, 15) is 9.18 Å². The van der Waals surface area contributed by atoms with Gasteiger partial charge in [-0.15, -0.1) is 10.2 Å². The van der Waals surface area contributed by atoms with Crippen LogP contribution in [-0.4, -0.2) is 33.4 Å². The van der Waals surface area contributed by atoms with E-state index in [0.29, 0.717) is 15.3 Å². The van der Waals surface area contributed by atoms with E-state index in [0.717, 1.165) is 16.0 Å². The summed E-state index contributed by atoms with van der Waals surface area (Å²) in [6.45, 7) is 2.75. The number of fused-ring (bicyclic) bond motifs is 1. The van der Waals surface area contributed by atoms with Crippen LogP contribution in [0.15, 0.2) is 22.5 Å². The molecule has 6 nitrogen and oxygen atoms in total. The van der Waals surface area contributed by atoms with Gasteiger partial charge in [-0.2, -0.15) is 0 Å². The van der Waals surface area contributed by atoms with Crippen LogP contribution in [0.25, 0.3) is 10.2 Å². The van der Waals surface area contributed by atoms with Crippen LogP contribution in [0.1, 0.15) is 6.92 Å². The molecule has 1 amide bonds. The highest BCUT2D eigenvalue weighted by atomic mass is 32.2. The molecule has 3 rings (SSSR count). The molecule has 3 aromatic rings. The normalized spacial score (nSPS) is 10.9. The van der Waals surface area contributed by atoms with Crippen LogP contribution < -0.4 is 10.6 Å². The van der Waals surface area contributed by atoms with Crippen molar-refractivity contribution in [1.82, 2.24) is 15.2 Å². The van der Waals surface area contributed by atoms with E-state index < -0.39 is 0 Å². The molecular formula is C13H12FN5OS3. The monoisotopic (exact) mass is 369 g/mol. The van der Waals surface area contributed by atoms with Gasteiger partial charge in [0.1, 0.15) is 5.82 Å². The fraction of sp³-hybridized carbons (Fsp3) is 0.231. The molecule has 0 aliphatic rings. The lowest BCUT2D eigenvalue weighted by Crippen LogP contribution is -2.13. The standard InChI is InChI=1S/C13H12FN5OS3/c1-2-15-11-18-19-13(23-11)21-6-10(20)17-12-16-8-4-3-7(14)5-9(8)22-12/h3-5H,2,6H2,1H3,(H,15,18)(H,16,17,20). The van der Waals surface area contributed by atoms with Crippen LogP contribution in [0.4, 0.5) is 14.7 Å². The average molecular weight is 369 g/mol. The number of benzene rings is 1. The molecule has 23 heavy (non-hydrogen) atoms. The number of thioether (sulfide) groups is 1. The van der Waals surface area contributed by atoms with Crippen molar-refractivity contribution in [3.05, 3.63) is 24.0 Å². The molecule has 0 bridgehead atoms. The number of aromatic nitrogens is 3. The van der Waals surface area contributed by atoms with Gasteiger partial charge in [-0.3, -0.25) is 4.79 Å². The molecule has 0 unspecified atom stereocenters. The fourth-order valence-electron chi connectivity index (χ4n) is 1.73. The highest BCUT2D eigenvalue weighted by Crippen LogP contribution is 2.28. The minimum atomic E-state index is -0.317. The van der Waals surface area contributed by atoms with E-state index in [1.165, 1.54) is 46.6 Å². The smallest absolute Gasteiger partial charge is 0.236 e. The number of anilines is 2. The van der Waals surface area contributed by atoms with Crippen molar-refractivity contribution in [2.45, 2.75) is 11.3 Å².